The summed E-state index contributed by atoms with van der Waals surface area (Å²) < 4.78 is 0. The van der Waals surface area contributed by atoms with Crippen LogP contribution >= 0.6 is 0 Å². The summed E-state index contributed by atoms with van der Waals surface area (Å²) in [5, 5.41) is 5.88. The molecule has 2 N–H and O–H groups in total. The van der Waals surface area contributed by atoms with Crippen molar-refractivity contribution in [1.29, 1.82) is 0 Å². The second-order valence-corrected chi connectivity index (χ2v) is 8.09. The van der Waals surface area contributed by atoms with Crippen LogP contribution in [0.2, 0.25) is 0 Å². The highest BCUT2D eigenvalue weighted by Crippen LogP contribution is 2.23. The van der Waals surface area contributed by atoms with Gasteiger partial charge >= 0.3 is 0 Å². The lowest BCUT2D eigenvalue weighted by atomic mass is 10.1. The van der Waals surface area contributed by atoms with Gasteiger partial charge in [-0.25, -0.2) is 0 Å². The second-order valence-electron chi connectivity index (χ2n) is 8.09. The molecule has 0 aliphatic carbocycles. The van der Waals surface area contributed by atoms with E-state index in [4.69, 9.17) is 0 Å². The molecule has 0 spiro atoms. The number of benzene rings is 2. The summed E-state index contributed by atoms with van der Waals surface area (Å²) in [6.45, 7) is 10.1. The standard InChI is InChI=1S/C25H34N4O2/c1-4-28(5-2)22-13-11-20(12-14-22)25(31)26-19(3)17-24(30)27-21-9-8-10-23(18-21)29-15-6-7-16-29/h8-14,18-19H,4-7,15-17H2,1-3H3,(H,26,31)(H,27,30). The number of anilines is 3. The lowest BCUT2D eigenvalue weighted by molar-refractivity contribution is -0.116. The van der Waals surface area contributed by atoms with Gasteiger partial charge in [-0.3, -0.25) is 9.59 Å². The number of hydrogen-bond donors (Lipinski definition) is 2. The van der Waals surface area contributed by atoms with Gasteiger partial charge in [-0.05, 0) is 76.1 Å². The van der Waals surface area contributed by atoms with Crippen LogP contribution in [0.25, 0.3) is 0 Å². The molecule has 1 heterocycles. The van der Waals surface area contributed by atoms with Gasteiger partial charge in [0, 0.05) is 61.3 Å². The van der Waals surface area contributed by atoms with Crippen LogP contribution in [-0.4, -0.2) is 44.0 Å². The fraction of sp³-hybridized carbons (Fsp3) is 0.440. The first-order valence-corrected chi connectivity index (χ1v) is 11.3. The highest BCUT2D eigenvalue weighted by Gasteiger charge is 2.16. The second kappa shape index (κ2) is 10.8. The normalized spacial score (nSPS) is 14.2. The van der Waals surface area contributed by atoms with E-state index in [0.29, 0.717) is 5.56 Å². The maximum Gasteiger partial charge on any atom is 0.251 e. The van der Waals surface area contributed by atoms with E-state index >= 15 is 0 Å². The molecule has 0 bridgehead atoms. The molecule has 2 aromatic carbocycles. The van der Waals surface area contributed by atoms with Gasteiger partial charge in [0.2, 0.25) is 5.91 Å². The first kappa shape index (κ1) is 22.7. The van der Waals surface area contributed by atoms with Crippen molar-refractivity contribution in [3.8, 4) is 0 Å². The number of rotatable bonds is 9. The summed E-state index contributed by atoms with van der Waals surface area (Å²) >= 11 is 0. The smallest absolute Gasteiger partial charge is 0.251 e. The molecule has 166 valence electrons. The topological polar surface area (TPSA) is 64.7 Å². The van der Waals surface area contributed by atoms with Crippen LogP contribution in [0.4, 0.5) is 17.1 Å². The van der Waals surface area contributed by atoms with Gasteiger partial charge in [-0.1, -0.05) is 6.07 Å². The quantitative estimate of drug-likeness (QED) is 0.633. The third kappa shape index (κ3) is 6.23. The largest absolute Gasteiger partial charge is 0.372 e. The van der Waals surface area contributed by atoms with Crippen LogP contribution in [-0.2, 0) is 4.79 Å². The zero-order chi connectivity index (χ0) is 22.2. The molecule has 3 rings (SSSR count). The monoisotopic (exact) mass is 422 g/mol. The molecule has 0 aromatic heterocycles. The number of amides is 2. The molecule has 6 nitrogen and oxygen atoms in total. The fourth-order valence-corrected chi connectivity index (χ4v) is 4.02. The van der Waals surface area contributed by atoms with Gasteiger partial charge in [0.05, 0.1) is 0 Å². The van der Waals surface area contributed by atoms with E-state index < -0.39 is 0 Å². The summed E-state index contributed by atoms with van der Waals surface area (Å²) in [5.74, 6) is -0.273. The van der Waals surface area contributed by atoms with Gasteiger partial charge < -0.3 is 20.4 Å². The summed E-state index contributed by atoms with van der Waals surface area (Å²) in [7, 11) is 0. The van der Waals surface area contributed by atoms with Crippen molar-refractivity contribution in [2.75, 3.05) is 41.3 Å². The Bertz CT molecular complexity index is 871. The van der Waals surface area contributed by atoms with Gasteiger partial charge in [-0.2, -0.15) is 0 Å². The van der Waals surface area contributed by atoms with Crippen molar-refractivity contribution in [3.05, 3.63) is 54.1 Å². The van der Waals surface area contributed by atoms with Crippen LogP contribution in [0.1, 0.15) is 50.4 Å². The Hall–Kier alpha value is -3.02. The van der Waals surface area contributed by atoms with E-state index in [1.54, 1.807) is 0 Å². The van der Waals surface area contributed by atoms with Gasteiger partial charge in [0.25, 0.3) is 5.91 Å². The van der Waals surface area contributed by atoms with Crippen molar-refractivity contribution >= 4 is 28.9 Å². The predicted octanol–water partition coefficient (Wildman–Crippen LogP) is 4.28. The van der Waals surface area contributed by atoms with Crippen LogP contribution in [0.3, 0.4) is 0 Å². The molecule has 0 radical (unpaired) electrons. The number of carbonyl (C=O) groups is 2. The molecule has 1 fully saturated rings. The first-order chi connectivity index (χ1) is 15.0. The SMILES string of the molecule is CCN(CC)c1ccc(C(=O)NC(C)CC(=O)Nc2cccc(N3CCCC3)c2)cc1. The molecule has 1 atom stereocenters. The maximum absolute atomic E-state index is 12.5. The van der Waals surface area contributed by atoms with Gasteiger partial charge in [-0.15, -0.1) is 0 Å². The Balaban J connectivity index is 1.50. The van der Waals surface area contributed by atoms with Gasteiger partial charge in [0.1, 0.15) is 0 Å². The molecule has 1 saturated heterocycles. The zero-order valence-electron chi connectivity index (χ0n) is 18.9. The van der Waals surface area contributed by atoms with Crippen molar-refractivity contribution < 1.29 is 9.59 Å². The molecule has 6 heteroatoms. The third-order valence-corrected chi connectivity index (χ3v) is 5.73. The highest BCUT2D eigenvalue weighted by atomic mass is 16.2. The Kier molecular flexibility index (Phi) is 7.93. The zero-order valence-corrected chi connectivity index (χ0v) is 18.9. The van der Waals surface area contributed by atoms with Gasteiger partial charge in [0.15, 0.2) is 0 Å². The molecule has 2 aromatic rings. The minimum absolute atomic E-state index is 0.108. The Morgan fingerprint density at radius 3 is 2.35 bits per heavy atom. The average Bonchev–Trinajstić information content (AvgIpc) is 3.30. The van der Waals surface area contributed by atoms with Crippen molar-refractivity contribution in [3.63, 3.8) is 0 Å². The van der Waals surface area contributed by atoms with Crippen LogP contribution < -0.4 is 20.4 Å². The van der Waals surface area contributed by atoms with Crippen molar-refractivity contribution in [1.82, 2.24) is 5.32 Å². The molecule has 1 aliphatic rings. The van der Waals surface area contributed by atoms with E-state index in [2.05, 4.69) is 40.3 Å². The summed E-state index contributed by atoms with van der Waals surface area (Å²) in [5.41, 5.74) is 3.64. The number of carbonyl (C=O) groups excluding carboxylic acids is 2. The third-order valence-electron chi connectivity index (χ3n) is 5.73. The minimum atomic E-state index is -0.267. The van der Waals surface area contributed by atoms with E-state index in [0.717, 1.165) is 43.2 Å². The first-order valence-electron chi connectivity index (χ1n) is 11.3. The maximum atomic E-state index is 12.5. The fourth-order valence-electron chi connectivity index (χ4n) is 4.02. The van der Waals surface area contributed by atoms with E-state index in [1.165, 1.54) is 12.8 Å². The van der Waals surface area contributed by atoms with E-state index in [1.807, 2.05) is 49.4 Å². The highest BCUT2D eigenvalue weighted by molar-refractivity contribution is 5.96. The molecular weight excluding hydrogens is 388 g/mol. The lowest BCUT2D eigenvalue weighted by Gasteiger charge is -2.21. The molecule has 0 saturated carbocycles. The van der Waals surface area contributed by atoms with Crippen molar-refractivity contribution in [2.24, 2.45) is 0 Å². The molecule has 1 unspecified atom stereocenters. The summed E-state index contributed by atoms with van der Waals surface area (Å²) in [4.78, 5) is 29.6. The molecule has 1 aliphatic heterocycles. The van der Waals surface area contributed by atoms with Crippen molar-refractivity contribution in [2.45, 2.75) is 46.1 Å². The minimum Gasteiger partial charge on any atom is -0.372 e. The Morgan fingerprint density at radius 2 is 1.71 bits per heavy atom. The van der Waals surface area contributed by atoms with Crippen LogP contribution in [0, 0.1) is 0 Å². The Labute approximate surface area is 185 Å². The molecule has 31 heavy (non-hydrogen) atoms. The number of nitrogens with one attached hydrogen (secondary N) is 2. The number of nitrogens with zero attached hydrogens (tertiary/aromatic N) is 2. The molecular formula is C25H34N4O2. The summed E-state index contributed by atoms with van der Waals surface area (Å²) in [6, 6.07) is 15.3. The lowest BCUT2D eigenvalue weighted by Crippen LogP contribution is -2.35. The van der Waals surface area contributed by atoms with E-state index in [-0.39, 0.29) is 24.3 Å². The van der Waals surface area contributed by atoms with E-state index in [9.17, 15) is 9.59 Å². The predicted molar refractivity (Wildman–Crippen MR) is 128 cm³/mol. The van der Waals surface area contributed by atoms with Crippen LogP contribution in [0.5, 0.6) is 0 Å². The molecule has 2 amide bonds. The Morgan fingerprint density at radius 1 is 1.03 bits per heavy atom. The average molecular weight is 423 g/mol. The summed E-state index contributed by atoms with van der Waals surface area (Å²) in [6.07, 6.45) is 2.65. The van der Waals surface area contributed by atoms with Crippen LogP contribution in [0.15, 0.2) is 48.5 Å². The number of hydrogen-bond acceptors (Lipinski definition) is 4.